The Balaban J connectivity index is 1.55. The summed E-state index contributed by atoms with van der Waals surface area (Å²) >= 11 is 0. The number of rotatable bonds is 5. The van der Waals surface area contributed by atoms with E-state index in [2.05, 4.69) is 10.2 Å². The van der Waals surface area contributed by atoms with Crippen molar-refractivity contribution in [2.24, 2.45) is 5.14 Å². The zero-order valence-electron chi connectivity index (χ0n) is 17.1. The first-order chi connectivity index (χ1) is 15.7. The van der Waals surface area contributed by atoms with Crippen LogP contribution < -0.4 is 15.6 Å². The van der Waals surface area contributed by atoms with Crippen LogP contribution in [-0.2, 0) is 24.3 Å². The Kier molecular flexibility index (Phi) is 5.58. The second-order valence-corrected chi connectivity index (χ2v) is 8.51. The molecule has 1 saturated heterocycles. The normalized spacial score (nSPS) is 15.1. The van der Waals surface area contributed by atoms with E-state index in [1.807, 2.05) is 0 Å². The molecule has 2 aromatic carbocycles. The van der Waals surface area contributed by atoms with Gasteiger partial charge in [0.2, 0.25) is 10.0 Å². The third kappa shape index (κ3) is 4.40. The number of ether oxygens (including phenoxy) is 1. The Bertz CT molecular complexity index is 1390. The van der Waals surface area contributed by atoms with Gasteiger partial charge in [0.15, 0.2) is 0 Å². The van der Waals surface area contributed by atoms with E-state index in [-0.39, 0.29) is 16.2 Å². The fraction of sp³-hybridized carbons (Fsp3) is 0.0455. The van der Waals surface area contributed by atoms with Crippen molar-refractivity contribution in [1.29, 1.82) is 0 Å². The van der Waals surface area contributed by atoms with E-state index in [1.54, 1.807) is 12.1 Å². The minimum Gasteiger partial charge on any atom is -0.465 e. The van der Waals surface area contributed by atoms with E-state index >= 15 is 0 Å². The number of carbonyl (C=O) groups excluding carboxylic acids is 3. The number of nitrogens with one attached hydrogen (secondary N) is 1. The molecule has 0 radical (unpaired) electrons. The summed E-state index contributed by atoms with van der Waals surface area (Å²) in [5.41, 5.74) is 3.57. The third-order valence-corrected chi connectivity index (χ3v) is 5.75. The van der Waals surface area contributed by atoms with Crippen LogP contribution in [0.3, 0.4) is 0 Å². The minimum absolute atomic E-state index is 0.0342. The molecule has 4 rings (SSSR count). The maximum atomic E-state index is 12.8. The summed E-state index contributed by atoms with van der Waals surface area (Å²) in [6.45, 7) is 0. The maximum Gasteiger partial charge on any atom is 0.337 e. The van der Waals surface area contributed by atoms with Crippen LogP contribution in [0, 0.1) is 0 Å². The number of benzene rings is 2. The molecule has 0 bridgehead atoms. The van der Waals surface area contributed by atoms with Crippen molar-refractivity contribution in [1.82, 2.24) is 5.43 Å². The highest BCUT2D eigenvalue weighted by molar-refractivity contribution is 7.89. The Morgan fingerprint density at radius 2 is 1.70 bits per heavy atom. The van der Waals surface area contributed by atoms with Crippen molar-refractivity contribution in [2.45, 2.75) is 4.90 Å². The van der Waals surface area contributed by atoms with Crippen LogP contribution in [0.2, 0.25) is 0 Å². The number of sulfonamides is 1. The number of esters is 1. The number of hydrogen-bond donors (Lipinski definition) is 2. The van der Waals surface area contributed by atoms with Crippen LogP contribution in [0.15, 0.2) is 75.5 Å². The number of hydrazine groups is 1. The van der Waals surface area contributed by atoms with E-state index in [4.69, 9.17) is 9.56 Å². The lowest BCUT2D eigenvalue weighted by Crippen LogP contribution is -2.35. The maximum absolute atomic E-state index is 12.8. The van der Waals surface area contributed by atoms with Gasteiger partial charge in [-0.25, -0.2) is 23.4 Å². The Morgan fingerprint density at radius 3 is 2.30 bits per heavy atom. The van der Waals surface area contributed by atoms with E-state index in [0.29, 0.717) is 22.6 Å². The van der Waals surface area contributed by atoms with Crippen molar-refractivity contribution in [3.05, 3.63) is 77.6 Å². The molecule has 1 aliphatic heterocycles. The molecule has 1 fully saturated rings. The van der Waals surface area contributed by atoms with Gasteiger partial charge in [0.1, 0.15) is 17.1 Å². The molecule has 0 spiro atoms. The van der Waals surface area contributed by atoms with Crippen LogP contribution in [0.25, 0.3) is 17.4 Å². The van der Waals surface area contributed by atoms with Crippen molar-refractivity contribution in [3.63, 3.8) is 0 Å². The minimum atomic E-state index is -3.81. The summed E-state index contributed by atoms with van der Waals surface area (Å²) in [5.74, 6) is -1.08. The number of hydrogen-bond acceptors (Lipinski definition) is 7. The van der Waals surface area contributed by atoms with Crippen LogP contribution >= 0.6 is 0 Å². The standard InChI is InChI=1S/C22H17N3O7S/c1-31-22(28)14-2-6-15(7-3-14)25-21(27)18(20(26)24-25)12-16-8-11-19(32-16)13-4-9-17(10-5-13)33(23,29)30/h2-12H,1H3,(H,24,26)(H2,23,29,30)/b18-12-. The first kappa shape index (κ1) is 22.0. The van der Waals surface area contributed by atoms with Crippen molar-refractivity contribution in [3.8, 4) is 11.3 Å². The lowest BCUT2D eigenvalue weighted by Gasteiger charge is -2.14. The van der Waals surface area contributed by atoms with Crippen molar-refractivity contribution < 1.29 is 32.0 Å². The number of amides is 2. The van der Waals surface area contributed by atoms with Crippen LogP contribution in [0.5, 0.6) is 0 Å². The fourth-order valence-corrected chi connectivity index (χ4v) is 3.66. The molecule has 3 aromatic rings. The number of anilines is 1. The molecule has 168 valence electrons. The van der Waals surface area contributed by atoms with Gasteiger partial charge in [-0.05, 0) is 66.7 Å². The molecular weight excluding hydrogens is 450 g/mol. The average Bonchev–Trinajstić information content (AvgIpc) is 3.38. The van der Waals surface area contributed by atoms with Gasteiger partial charge in [0.25, 0.3) is 11.8 Å². The van der Waals surface area contributed by atoms with Gasteiger partial charge in [0.05, 0.1) is 23.3 Å². The summed E-state index contributed by atoms with van der Waals surface area (Å²) in [4.78, 5) is 36.7. The summed E-state index contributed by atoms with van der Waals surface area (Å²) < 4.78 is 33.1. The van der Waals surface area contributed by atoms with Crippen molar-refractivity contribution >= 4 is 39.6 Å². The molecular formula is C22H17N3O7S. The molecule has 33 heavy (non-hydrogen) atoms. The lowest BCUT2D eigenvalue weighted by atomic mass is 10.2. The average molecular weight is 467 g/mol. The SMILES string of the molecule is COC(=O)c1ccc(N2NC(=O)/C(=C/c3ccc(-c4ccc(S(N)(=O)=O)cc4)o3)C2=O)cc1. The first-order valence-electron chi connectivity index (χ1n) is 9.46. The quantitative estimate of drug-likeness (QED) is 0.330. The molecule has 2 amide bonds. The number of nitrogens with zero attached hydrogens (tertiary/aromatic N) is 1. The van der Waals surface area contributed by atoms with E-state index in [0.717, 1.165) is 5.01 Å². The van der Waals surface area contributed by atoms with Gasteiger partial charge in [-0.1, -0.05) is 0 Å². The van der Waals surface area contributed by atoms with Gasteiger partial charge >= 0.3 is 5.97 Å². The Morgan fingerprint density at radius 1 is 1.03 bits per heavy atom. The topological polar surface area (TPSA) is 149 Å². The van der Waals surface area contributed by atoms with Gasteiger partial charge in [-0.2, -0.15) is 0 Å². The van der Waals surface area contributed by atoms with Gasteiger partial charge in [0, 0.05) is 5.56 Å². The summed E-state index contributed by atoms with van der Waals surface area (Å²) in [7, 11) is -2.55. The largest absolute Gasteiger partial charge is 0.465 e. The zero-order chi connectivity index (χ0) is 23.8. The highest BCUT2D eigenvalue weighted by Crippen LogP contribution is 2.26. The fourth-order valence-electron chi connectivity index (χ4n) is 3.14. The van der Waals surface area contributed by atoms with Gasteiger partial charge in [-0.3, -0.25) is 15.0 Å². The van der Waals surface area contributed by atoms with Crippen LogP contribution in [-0.4, -0.2) is 33.3 Å². The molecule has 2 heterocycles. The molecule has 0 unspecified atom stereocenters. The lowest BCUT2D eigenvalue weighted by molar-refractivity contribution is -0.117. The third-order valence-electron chi connectivity index (χ3n) is 4.82. The number of furan rings is 1. The Hall–Kier alpha value is -4.22. The zero-order valence-corrected chi connectivity index (χ0v) is 18.0. The number of carbonyl (C=O) groups is 3. The highest BCUT2D eigenvalue weighted by Gasteiger charge is 2.34. The predicted octanol–water partition coefficient (Wildman–Crippen LogP) is 1.84. The highest BCUT2D eigenvalue weighted by atomic mass is 32.2. The molecule has 0 atom stereocenters. The molecule has 0 aliphatic carbocycles. The van der Waals surface area contributed by atoms with E-state index in [9.17, 15) is 22.8 Å². The smallest absolute Gasteiger partial charge is 0.337 e. The molecule has 1 aromatic heterocycles. The van der Waals surface area contributed by atoms with Crippen LogP contribution in [0.1, 0.15) is 16.1 Å². The number of primary sulfonamides is 1. The molecule has 0 saturated carbocycles. The summed E-state index contributed by atoms with van der Waals surface area (Å²) in [6.07, 6.45) is 1.31. The van der Waals surface area contributed by atoms with Gasteiger partial charge in [-0.15, -0.1) is 0 Å². The molecule has 10 nitrogen and oxygen atoms in total. The Labute approximate surface area is 188 Å². The van der Waals surface area contributed by atoms with Crippen LogP contribution in [0.4, 0.5) is 5.69 Å². The molecule has 1 aliphatic rings. The summed E-state index contributed by atoms with van der Waals surface area (Å²) in [6, 6.07) is 14.9. The van der Waals surface area contributed by atoms with Crippen molar-refractivity contribution in [2.75, 3.05) is 12.1 Å². The van der Waals surface area contributed by atoms with E-state index < -0.39 is 27.8 Å². The molecule has 11 heteroatoms. The van der Waals surface area contributed by atoms with Gasteiger partial charge < -0.3 is 9.15 Å². The predicted molar refractivity (Wildman–Crippen MR) is 117 cm³/mol. The number of nitrogens with two attached hydrogens (primary N) is 1. The van der Waals surface area contributed by atoms with E-state index in [1.165, 1.54) is 61.7 Å². The second-order valence-electron chi connectivity index (χ2n) is 6.95. The first-order valence-corrected chi connectivity index (χ1v) is 11.0. The second kappa shape index (κ2) is 8.37. The molecule has 3 N–H and O–H groups in total. The number of methoxy groups -OCH3 is 1. The summed E-state index contributed by atoms with van der Waals surface area (Å²) in [5, 5.41) is 6.15. The monoisotopic (exact) mass is 467 g/mol.